The zero-order valence-electron chi connectivity index (χ0n) is 13.7. The van der Waals surface area contributed by atoms with Gasteiger partial charge in [-0.25, -0.2) is 0 Å². The molecule has 0 fully saturated rings. The maximum atomic E-state index is 4.25. The maximum Gasteiger partial charge on any atom is 0.0701 e. The standard InChI is InChI=1S/2C11H9N.Re/c2*1-2-6-10(7-3-1)11-8-4-5-9-12-11;/h2*1-9H;. The van der Waals surface area contributed by atoms with Crippen LogP contribution in [-0.4, -0.2) is 9.97 Å². The number of nitrogens with zero attached hydrogens (tertiary/aromatic N) is 2. The van der Waals surface area contributed by atoms with Crippen LogP contribution in [-0.2, 0) is 20.4 Å². The minimum atomic E-state index is 0. The minimum absolute atomic E-state index is 0. The van der Waals surface area contributed by atoms with E-state index in [0.29, 0.717) is 0 Å². The Kier molecular flexibility index (Phi) is 7.72. The van der Waals surface area contributed by atoms with E-state index in [-0.39, 0.29) is 20.4 Å². The van der Waals surface area contributed by atoms with Crippen molar-refractivity contribution in [1.82, 2.24) is 9.97 Å². The van der Waals surface area contributed by atoms with E-state index in [1.807, 2.05) is 85.2 Å². The quantitative estimate of drug-likeness (QED) is 0.367. The van der Waals surface area contributed by atoms with E-state index in [1.54, 1.807) is 0 Å². The Morgan fingerprint density at radius 3 is 1.08 bits per heavy atom. The summed E-state index contributed by atoms with van der Waals surface area (Å²) in [4.78, 5) is 8.50. The van der Waals surface area contributed by atoms with E-state index in [4.69, 9.17) is 0 Å². The first-order chi connectivity index (χ1) is 11.9. The summed E-state index contributed by atoms with van der Waals surface area (Å²) in [7, 11) is 0. The molecule has 0 aliphatic rings. The van der Waals surface area contributed by atoms with Gasteiger partial charge in [-0.05, 0) is 24.3 Å². The third-order valence-electron chi connectivity index (χ3n) is 3.47. The van der Waals surface area contributed by atoms with E-state index in [0.717, 1.165) is 22.5 Å². The Bertz CT molecular complexity index is 686. The SMILES string of the molecule is [Re].c1ccc(-c2ccccn2)cc1.c1ccc(-c2ccccn2)cc1. The second-order valence-corrected chi connectivity index (χ2v) is 5.16. The number of hydrogen-bond acceptors (Lipinski definition) is 2. The second-order valence-electron chi connectivity index (χ2n) is 5.16. The first-order valence-corrected chi connectivity index (χ1v) is 7.86. The van der Waals surface area contributed by atoms with Gasteiger partial charge in [0.25, 0.3) is 0 Å². The van der Waals surface area contributed by atoms with Crippen LogP contribution in [0.4, 0.5) is 0 Å². The molecule has 123 valence electrons. The molecule has 0 bridgehead atoms. The molecule has 0 atom stereocenters. The van der Waals surface area contributed by atoms with Gasteiger partial charge in [0.1, 0.15) is 0 Å². The van der Waals surface area contributed by atoms with Gasteiger partial charge < -0.3 is 0 Å². The first-order valence-electron chi connectivity index (χ1n) is 7.86. The van der Waals surface area contributed by atoms with Crippen molar-refractivity contribution in [3.63, 3.8) is 0 Å². The number of rotatable bonds is 2. The molecule has 0 amide bonds. The predicted molar refractivity (Wildman–Crippen MR) is 99.3 cm³/mol. The van der Waals surface area contributed by atoms with Crippen LogP contribution in [0.2, 0.25) is 0 Å². The summed E-state index contributed by atoms with van der Waals surface area (Å²) in [6, 6.07) is 32.2. The summed E-state index contributed by atoms with van der Waals surface area (Å²) in [6.45, 7) is 0. The largest absolute Gasteiger partial charge is 0.256 e. The average molecular weight is 497 g/mol. The molecule has 2 aromatic carbocycles. The number of benzene rings is 2. The molecule has 0 N–H and O–H groups in total. The summed E-state index contributed by atoms with van der Waals surface area (Å²) in [5.41, 5.74) is 4.38. The summed E-state index contributed by atoms with van der Waals surface area (Å²) < 4.78 is 0. The summed E-state index contributed by atoms with van der Waals surface area (Å²) in [5.74, 6) is 0. The Morgan fingerprint density at radius 1 is 0.400 bits per heavy atom. The van der Waals surface area contributed by atoms with Gasteiger partial charge in [0, 0.05) is 43.9 Å². The molecular formula is C22H18N2Re. The Morgan fingerprint density at radius 2 is 0.760 bits per heavy atom. The molecule has 2 nitrogen and oxygen atoms in total. The fourth-order valence-corrected chi connectivity index (χ4v) is 2.28. The zero-order chi connectivity index (χ0) is 16.5. The fourth-order valence-electron chi connectivity index (χ4n) is 2.28. The van der Waals surface area contributed by atoms with Crippen LogP contribution in [0.15, 0.2) is 109 Å². The monoisotopic (exact) mass is 497 g/mol. The topological polar surface area (TPSA) is 25.8 Å². The summed E-state index contributed by atoms with van der Waals surface area (Å²) in [5, 5.41) is 0. The summed E-state index contributed by atoms with van der Waals surface area (Å²) >= 11 is 0. The molecule has 2 aromatic heterocycles. The van der Waals surface area contributed by atoms with Crippen LogP contribution in [0.5, 0.6) is 0 Å². The average Bonchev–Trinajstić information content (AvgIpc) is 2.71. The van der Waals surface area contributed by atoms with Crippen molar-refractivity contribution in [3.8, 4) is 22.5 Å². The molecule has 0 aliphatic carbocycles. The first kappa shape index (κ1) is 18.7. The number of pyridine rings is 2. The van der Waals surface area contributed by atoms with Gasteiger partial charge in [0.05, 0.1) is 11.4 Å². The molecule has 4 aromatic rings. The fraction of sp³-hybridized carbons (Fsp3) is 0. The number of hydrogen-bond donors (Lipinski definition) is 0. The third kappa shape index (κ3) is 5.76. The molecule has 0 saturated heterocycles. The normalized spacial score (nSPS) is 9.28. The smallest absolute Gasteiger partial charge is 0.0701 e. The van der Waals surface area contributed by atoms with Crippen molar-refractivity contribution in [2.24, 2.45) is 0 Å². The number of aromatic nitrogens is 2. The van der Waals surface area contributed by atoms with Gasteiger partial charge >= 0.3 is 0 Å². The van der Waals surface area contributed by atoms with Crippen molar-refractivity contribution in [2.45, 2.75) is 0 Å². The van der Waals surface area contributed by atoms with Crippen molar-refractivity contribution in [2.75, 3.05) is 0 Å². The zero-order valence-corrected chi connectivity index (χ0v) is 16.4. The van der Waals surface area contributed by atoms with Crippen molar-refractivity contribution in [1.29, 1.82) is 0 Å². The third-order valence-corrected chi connectivity index (χ3v) is 3.47. The molecule has 3 heteroatoms. The molecule has 0 aliphatic heterocycles. The molecule has 0 spiro atoms. The molecule has 25 heavy (non-hydrogen) atoms. The van der Waals surface area contributed by atoms with E-state index >= 15 is 0 Å². The van der Waals surface area contributed by atoms with Gasteiger partial charge in [-0.15, -0.1) is 0 Å². The van der Waals surface area contributed by atoms with Gasteiger partial charge in [-0.2, -0.15) is 0 Å². The van der Waals surface area contributed by atoms with E-state index in [2.05, 4.69) is 34.2 Å². The molecular weight excluding hydrogens is 478 g/mol. The van der Waals surface area contributed by atoms with E-state index < -0.39 is 0 Å². The van der Waals surface area contributed by atoms with Crippen molar-refractivity contribution in [3.05, 3.63) is 109 Å². The van der Waals surface area contributed by atoms with Crippen molar-refractivity contribution >= 4 is 0 Å². The Balaban J connectivity index is 0.000000173. The molecule has 1 radical (unpaired) electrons. The van der Waals surface area contributed by atoms with Gasteiger partial charge in [0.2, 0.25) is 0 Å². The molecule has 2 heterocycles. The van der Waals surface area contributed by atoms with Crippen molar-refractivity contribution < 1.29 is 20.4 Å². The minimum Gasteiger partial charge on any atom is -0.256 e. The van der Waals surface area contributed by atoms with E-state index in [1.165, 1.54) is 0 Å². The van der Waals surface area contributed by atoms with Crippen LogP contribution in [0.3, 0.4) is 0 Å². The van der Waals surface area contributed by atoms with Crippen LogP contribution in [0, 0.1) is 0 Å². The van der Waals surface area contributed by atoms with Crippen LogP contribution < -0.4 is 0 Å². The molecule has 0 unspecified atom stereocenters. The van der Waals surface area contributed by atoms with Crippen LogP contribution >= 0.6 is 0 Å². The Hall–Kier alpha value is -2.60. The van der Waals surface area contributed by atoms with Crippen LogP contribution in [0.1, 0.15) is 0 Å². The second kappa shape index (κ2) is 10.3. The predicted octanol–water partition coefficient (Wildman–Crippen LogP) is 5.49. The van der Waals surface area contributed by atoms with E-state index in [9.17, 15) is 0 Å². The molecule has 0 saturated carbocycles. The molecule has 4 rings (SSSR count). The van der Waals surface area contributed by atoms with Gasteiger partial charge in [-0.3, -0.25) is 9.97 Å². The van der Waals surface area contributed by atoms with Gasteiger partial charge in [-0.1, -0.05) is 72.8 Å². The maximum absolute atomic E-state index is 4.25. The Labute approximate surface area is 162 Å². The van der Waals surface area contributed by atoms with Crippen LogP contribution in [0.25, 0.3) is 22.5 Å². The van der Waals surface area contributed by atoms with Gasteiger partial charge in [0.15, 0.2) is 0 Å². The summed E-state index contributed by atoms with van der Waals surface area (Å²) in [6.07, 6.45) is 3.62.